The molecular weight excluding hydrogens is 324 g/mol. The number of aryl methyl sites for hydroxylation is 1. The zero-order valence-corrected chi connectivity index (χ0v) is 12.2. The van der Waals surface area contributed by atoms with E-state index < -0.39 is 4.92 Å². The Balaban J connectivity index is 2.23. The van der Waals surface area contributed by atoms with Gasteiger partial charge >= 0.3 is 0 Å². The van der Waals surface area contributed by atoms with E-state index in [0.717, 1.165) is 0 Å². The molecule has 1 N–H and O–H groups in total. The van der Waals surface area contributed by atoms with Gasteiger partial charge in [0, 0.05) is 21.8 Å². The van der Waals surface area contributed by atoms with Crippen molar-refractivity contribution in [2.75, 3.05) is 5.32 Å². The molecule has 0 saturated heterocycles. The number of hydrogen-bond acceptors (Lipinski definition) is 3. The lowest BCUT2D eigenvalue weighted by Crippen LogP contribution is -2.12. The van der Waals surface area contributed by atoms with Crippen molar-refractivity contribution in [1.29, 1.82) is 0 Å². The molecule has 0 fully saturated rings. The SMILES string of the molecule is Cc1cc(NC(=O)c2ccccc2Br)ccc1[N+](=O)[O-]. The van der Waals surface area contributed by atoms with Crippen LogP contribution >= 0.6 is 15.9 Å². The number of nitro groups is 1. The van der Waals surface area contributed by atoms with E-state index in [2.05, 4.69) is 21.2 Å². The van der Waals surface area contributed by atoms with E-state index in [9.17, 15) is 14.9 Å². The second-order valence-corrected chi connectivity index (χ2v) is 5.05. The van der Waals surface area contributed by atoms with Crippen molar-refractivity contribution < 1.29 is 9.72 Å². The first-order valence-electron chi connectivity index (χ1n) is 5.80. The summed E-state index contributed by atoms with van der Waals surface area (Å²) in [5.74, 6) is -0.272. The van der Waals surface area contributed by atoms with Gasteiger partial charge in [-0.2, -0.15) is 0 Å². The Morgan fingerprint density at radius 2 is 1.95 bits per heavy atom. The minimum Gasteiger partial charge on any atom is -0.322 e. The molecule has 5 nitrogen and oxygen atoms in total. The van der Waals surface area contributed by atoms with Crippen molar-refractivity contribution in [2.24, 2.45) is 0 Å². The van der Waals surface area contributed by atoms with Gasteiger partial charge in [-0.25, -0.2) is 0 Å². The van der Waals surface area contributed by atoms with Gasteiger partial charge in [0.1, 0.15) is 0 Å². The van der Waals surface area contributed by atoms with Gasteiger partial charge in [0.25, 0.3) is 11.6 Å². The third-order valence-corrected chi connectivity index (χ3v) is 3.46. The highest BCUT2D eigenvalue weighted by atomic mass is 79.9. The Morgan fingerprint density at radius 3 is 2.55 bits per heavy atom. The van der Waals surface area contributed by atoms with E-state index in [-0.39, 0.29) is 11.6 Å². The zero-order chi connectivity index (χ0) is 14.7. The van der Waals surface area contributed by atoms with Crippen LogP contribution in [0, 0.1) is 17.0 Å². The lowest BCUT2D eigenvalue weighted by Gasteiger charge is -2.07. The van der Waals surface area contributed by atoms with Crippen LogP contribution in [0.15, 0.2) is 46.9 Å². The second kappa shape index (κ2) is 5.83. The maximum atomic E-state index is 12.1. The Hall–Kier alpha value is -2.21. The van der Waals surface area contributed by atoms with E-state index in [4.69, 9.17) is 0 Å². The summed E-state index contributed by atoms with van der Waals surface area (Å²) in [6, 6.07) is 11.5. The van der Waals surface area contributed by atoms with Crippen LogP contribution in [-0.4, -0.2) is 10.8 Å². The Morgan fingerprint density at radius 1 is 1.25 bits per heavy atom. The zero-order valence-electron chi connectivity index (χ0n) is 10.6. The first-order valence-corrected chi connectivity index (χ1v) is 6.59. The number of benzene rings is 2. The molecule has 0 radical (unpaired) electrons. The average molecular weight is 335 g/mol. The van der Waals surface area contributed by atoms with Gasteiger partial charge < -0.3 is 5.32 Å². The van der Waals surface area contributed by atoms with Crippen molar-refractivity contribution in [3.63, 3.8) is 0 Å². The molecule has 0 aromatic heterocycles. The normalized spacial score (nSPS) is 10.1. The molecule has 2 aromatic carbocycles. The molecular formula is C14H11BrN2O3. The molecule has 1 amide bonds. The second-order valence-electron chi connectivity index (χ2n) is 4.19. The third kappa shape index (κ3) is 3.03. The van der Waals surface area contributed by atoms with Crippen molar-refractivity contribution in [3.8, 4) is 0 Å². The van der Waals surface area contributed by atoms with Gasteiger partial charge in [0.05, 0.1) is 10.5 Å². The Labute approximate surface area is 123 Å². The highest BCUT2D eigenvalue weighted by Crippen LogP contribution is 2.23. The summed E-state index contributed by atoms with van der Waals surface area (Å²) >= 11 is 3.31. The Bertz CT molecular complexity index is 686. The van der Waals surface area contributed by atoms with Gasteiger partial charge in [-0.15, -0.1) is 0 Å². The lowest BCUT2D eigenvalue weighted by molar-refractivity contribution is -0.385. The number of nitro benzene ring substituents is 1. The van der Waals surface area contributed by atoms with Crippen LogP contribution in [0.25, 0.3) is 0 Å². The minimum atomic E-state index is -0.450. The molecule has 2 aromatic rings. The number of amides is 1. The van der Waals surface area contributed by atoms with Gasteiger partial charge in [-0.1, -0.05) is 12.1 Å². The number of anilines is 1. The highest BCUT2D eigenvalue weighted by Gasteiger charge is 2.13. The topological polar surface area (TPSA) is 72.2 Å². The van der Waals surface area contributed by atoms with Crippen molar-refractivity contribution in [3.05, 3.63) is 68.2 Å². The van der Waals surface area contributed by atoms with Gasteiger partial charge in [0.15, 0.2) is 0 Å². The van der Waals surface area contributed by atoms with Crippen LogP contribution in [0.5, 0.6) is 0 Å². The molecule has 0 spiro atoms. The number of halogens is 1. The molecule has 20 heavy (non-hydrogen) atoms. The molecule has 0 aliphatic rings. The molecule has 0 aliphatic heterocycles. The summed E-state index contributed by atoms with van der Waals surface area (Å²) < 4.78 is 0.691. The highest BCUT2D eigenvalue weighted by molar-refractivity contribution is 9.10. The van der Waals surface area contributed by atoms with Crippen LogP contribution < -0.4 is 5.32 Å². The fourth-order valence-corrected chi connectivity index (χ4v) is 2.25. The fourth-order valence-electron chi connectivity index (χ4n) is 1.78. The van der Waals surface area contributed by atoms with E-state index in [1.807, 2.05) is 6.07 Å². The molecule has 2 rings (SSSR count). The number of rotatable bonds is 3. The van der Waals surface area contributed by atoms with Crippen LogP contribution in [0.4, 0.5) is 11.4 Å². The van der Waals surface area contributed by atoms with E-state index in [1.165, 1.54) is 12.1 Å². The largest absolute Gasteiger partial charge is 0.322 e. The van der Waals surface area contributed by atoms with Gasteiger partial charge in [-0.3, -0.25) is 14.9 Å². The van der Waals surface area contributed by atoms with Crippen molar-refractivity contribution in [1.82, 2.24) is 0 Å². The first kappa shape index (κ1) is 14.2. The smallest absolute Gasteiger partial charge is 0.272 e. The number of hydrogen-bond donors (Lipinski definition) is 1. The number of nitrogens with zero attached hydrogens (tertiary/aromatic N) is 1. The fraction of sp³-hybridized carbons (Fsp3) is 0.0714. The number of nitrogens with one attached hydrogen (secondary N) is 1. The summed E-state index contributed by atoms with van der Waals surface area (Å²) in [5.41, 5.74) is 1.56. The van der Waals surface area contributed by atoms with Crippen LogP contribution in [-0.2, 0) is 0 Å². The van der Waals surface area contributed by atoms with Crippen LogP contribution in [0.2, 0.25) is 0 Å². The van der Waals surface area contributed by atoms with Crippen molar-refractivity contribution >= 4 is 33.2 Å². The maximum Gasteiger partial charge on any atom is 0.272 e. The lowest BCUT2D eigenvalue weighted by atomic mass is 10.1. The Kier molecular flexibility index (Phi) is 4.14. The predicted octanol–water partition coefficient (Wildman–Crippen LogP) is 3.92. The monoisotopic (exact) mass is 334 g/mol. The van der Waals surface area contributed by atoms with E-state index >= 15 is 0 Å². The molecule has 0 atom stereocenters. The van der Waals surface area contributed by atoms with Gasteiger partial charge in [0.2, 0.25) is 0 Å². The molecule has 0 heterocycles. The quantitative estimate of drug-likeness (QED) is 0.683. The number of carbonyl (C=O) groups is 1. The minimum absolute atomic E-state index is 0.0314. The summed E-state index contributed by atoms with van der Waals surface area (Å²) in [4.78, 5) is 22.4. The summed E-state index contributed by atoms with van der Waals surface area (Å²) in [5, 5.41) is 13.4. The summed E-state index contributed by atoms with van der Waals surface area (Å²) in [6.45, 7) is 1.63. The van der Waals surface area contributed by atoms with Crippen LogP contribution in [0.1, 0.15) is 15.9 Å². The summed E-state index contributed by atoms with van der Waals surface area (Å²) in [6.07, 6.45) is 0. The molecule has 0 saturated carbocycles. The standard InChI is InChI=1S/C14H11BrN2O3/c1-9-8-10(6-7-13(9)17(19)20)16-14(18)11-4-2-3-5-12(11)15/h2-8H,1H3,(H,16,18). The third-order valence-electron chi connectivity index (χ3n) is 2.77. The molecule has 0 aliphatic carbocycles. The number of carbonyl (C=O) groups excluding carboxylic acids is 1. The van der Waals surface area contributed by atoms with Crippen molar-refractivity contribution in [2.45, 2.75) is 6.92 Å². The average Bonchev–Trinajstić information content (AvgIpc) is 2.38. The summed E-state index contributed by atoms with van der Waals surface area (Å²) in [7, 11) is 0. The van der Waals surface area contributed by atoms with Crippen LogP contribution in [0.3, 0.4) is 0 Å². The van der Waals surface area contributed by atoms with E-state index in [0.29, 0.717) is 21.3 Å². The maximum absolute atomic E-state index is 12.1. The van der Waals surface area contributed by atoms with E-state index in [1.54, 1.807) is 31.2 Å². The molecule has 0 unspecified atom stereocenters. The molecule has 0 bridgehead atoms. The first-order chi connectivity index (χ1) is 9.49. The predicted molar refractivity (Wildman–Crippen MR) is 79.9 cm³/mol. The van der Waals surface area contributed by atoms with Gasteiger partial charge in [-0.05, 0) is 47.1 Å². The molecule has 6 heteroatoms. The molecule has 102 valence electrons.